The molecule has 3 aliphatic rings. The van der Waals surface area contributed by atoms with E-state index in [0.29, 0.717) is 36.4 Å². The number of nitrogens with one attached hydrogen (secondary N) is 1. The number of amides is 3. The number of hydrogen-bond donors (Lipinski definition) is 1. The van der Waals surface area contributed by atoms with E-state index in [1.165, 1.54) is 6.42 Å². The first-order valence-corrected chi connectivity index (χ1v) is 12.0. The summed E-state index contributed by atoms with van der Waals surface area (Å²) in [5.74, 6) is 0.433. The van der Waals surface area contributed by atoms with Crippen molar-refractivity contribution >= 4 is 23.4 Å². The van der Waals surface area contributed by atoms with Crippen molar-refractivity contribution in [1.29, 1.82) is 0 Å². The molecule has 3 atom stereocenters. The fourth-order valence-electron chi connectivity index (χ4n) is 5.09. The van der Waals surface area contributed by atoms with E-state index in [1.807, 2.05) is 0 Å². The molecule has 1 aromatic carbocycles. The molecule has 1 saturated carbocycles. The van der Waals surface area contributed by atoms with Crippen LogP contribution in [0.25, 0.3) is 0 Å². The Morgan fingerprint density at radius 3 is 2.61 bits per heavy atom. The first kappa shape index (κ1) is 23.5. The molecular weight excluding hydrogens is 422 g/mol. The molecule has 8 heteroatoms. The lowest BCUT2D eigenvalue weighted by Crippen LogP contribution is -2.53. The maximum absolute atomic E-state index is 13.3. The Morgan fingerprint density at radius 1 is 1.12 bits per heavy atom. The highest BCUT2D eigenvalue weighted by molar-refractivity contribution is 6.00. The third-order valence-electron chi connectivity index (χ3n) is 7.16. The van der Waals surface area contributed by atoms with Crippen LogP contribution in [0.5, 0.6) is 5.75 Å². The molecule has 0 bridgehead atoms. The van der Waals surface area contributed by atoms with Crippen LogP contribution >= 0.6 is 0 Å². The average Bonchev–Trinajstić information content (AvgIpc) is 2.82. The van der Waals surface area contributed by atoms with E-state index in [2.05, 4.69) is 5.32 Å². The van der Waals surface area contributed by atoms with Gasteiger partial charge in [0.2, 0.25) is 11.8 Å². The SMILES string of the molecule is CN(C)C(=O)C[C@@H]1CC[C@H]2[C@@H](COc3ccc(NC(=O)C4CCCCC4)cc3C(=O)N2C)O1. The molecule has 1 aromatic rings. The fraction of sp³-hybridized carbons (Fsp3) is 0.640. The molecule has 8 nitrogen and oxygen atoms in total. The molecule has 2 aliphatic heterocycles. The molecule has 0 radical (unpaired) electrons. The molecule has 1 aliphatic carbocycles. The Labute approximate surface area is 195 Å². The van der Waals surface area contributed by atoms with Gasteiger partial charge in [-0.25, -0.2) is 0 Å². The van der Waals surface area contributed by atoms with Crippen molar-refractivity contribution in [3.63, 3.8) is 0 Å². The van der Waals surface area contributed by atoms with Gasteiger partial charge in [-0.1, -0.05) is 19.3 Å². The van der Waals surface area contributed by atoms with Gasteiger partial charge in [-0.3, -0.25) is 14.4 Å². The van der Waals surface area contributed by atoms with Crippen LogP contribution in [-0.2, 0) is 14.3 Å². The number of carbonyl (C=O) groups excluding carboxylic acids is 3. The van der Waals surface area contributed by atoms with Gasteiger partial charge in [-0.2, -0.15) is 0 Å². The van der Waals surface area contributed by atoms with Gasteiger partial charge in [0.25, 0.3) is 5.91 Å². The number of nitrogens with zero attached hydrogens (tertiary/aromatic N) is 2. The summed E-state index contributed by atoms with van der Waals surface area (Å²) < 4.78 is 12.2. The minimum Gasteiger partial charge on any atom is -0.490 e. The second-order valence-electron chi connectivity index (χ2n) is 9.70. The molecule has 0 spiro atoms. The van der Waals surface area contributed by atoms with Crippen LogP contribution in [0.15, 0.2) is 18.2 Å². The topological polar surface area (TPSA) is 88.2 Å². The van der Waals surface area contributed by atoms with E-state index in [9.17, 15) is 14.4 Å². The van der Waals surface area contributed by atoms with Gasteiger partial charge in [-0.05, 0) is 43.9 Å². The maximum Gasteiger partial charge on any atom is 0.257 e. The predicted molar refractivity (Wildman–Crippen MR) is 124 cm³/mol. The van der Waals surface area contributed by atoms with Crippen molar-refractivity contribution in [2.45, 2.75) is 69.6 Å². The molecule has 2 heterocycles. The van der Waals surface area contributed by atoms with Crippen LogP contribution in [0.1, 0.15) is 61.7 Å². The standard InChI is InChI=1S/C25H35N3O5/c1-27(2)23(29)14-18-10-11-20-22(33-18)15-32-21-12-9-17(13-19(21)25(31)28(20)3)26-24(30)16-7-5-4-6-8-16/h9,12-13,16,18,20,22H,4-8,10-11,14-15H2,1-3H3,(H,26,30)/t18-,20-,22+/m0/s1. The number of fused-ring (bicyclic) bond motifs is 2. The van der Waals surface area contributed by atoms with E-state index in [1.54, 1.807) is 49.1 Å². The molecule has 3 amide bonds. The Balaban J connectivity index is 1.47. The molecular formula is C25H35N3O5. The average molecular weight is 458 g/mol. The minimum atomic E-state index is -0.300. The molecule has 2 fully saturated rings. The molecule has 0 unspecified atom stereocenters. The third-order valence-corrected chi connectivity index (χ3v) is 7.16. The zero-order valence-electron chi connectivity index (χ0n) is 19.8. The normalized spacial score (nSPS) is 25.7. The summed E-state index contributed by atoms with van der Waals surface area (Å²) in [4.78, 5) is 41.4. The van der Waals surface area contributed by atoms with Crippen molar-refractivity contribution in [2.75, 3.05) is 33.1 Å². The highest BCUT2D eigenvalue weighted by Crippen LogP contribution is 2.33. The zero-order valence-corrected chi connectivity index (χ0v) is 19.8. The highest BCUT2D eigenvalue weighted by atomic mass is 16.5. The quantitative estimate of drug-likeness (QED) is 0.751. The molecule has 1 N–H and O–H groups in total. The van der Waals surface area contributed by atoms with Gasteiger partial charge in [0.1, 0.15) is 18.5 Å². The largest absolute Gasteiger partial charge is 0.490 e. The summed E-state index contributed by atoms with van der Waals surface area (Å²) in [5, 5.41) is 3.00. The number of carbonyl (C=O) groups is 3. The molecule has 1 saturated heterocycles. The van der Waals surface area contributed by atoms with Gasteiger partial charge in [-0.15, -0.1) is 0 Å². The van der Waals surface area contributed by atoms with Crippen LogP contribution in [-0.4, -0.2) is 73.5 Å². The zero-order chi connectivity index (χ0) is 23.5. The fourth-order valence-corrected chi connectivity index (χ4v) is 5.09. The van der Waals surface area contributed by atoms with Gasteiger partial charge < -0.3 is 24.6 Å². The van der Waals surface area contributed by atoms with E-state index < -0.39 is 0 Å². The summed E-state index contributed by atoms with van der Waals surface area (Å²) >= 11 is 0. The number of rotatable bonds is 4. The van der Waals surface area contributed by atoms with Crippen molar-refractivity contribution in [3.05, 3.63) is 23.8 Å². The van der Waals surface area contributed by atoms with Crippen molar-refractivity contribution < 1.29 is 23.9 Å². The molecule has 180 valence electrons. The van der Waals surface area contributed by atoms with Gasteiger partial charge in [0.05, 0.1) is 24.1 Å². The third kappa shape index (κ3) is 5.32. The second kappa shape index (κ2) is 10.1. The summed E-state index contributed by atoms with van der Waals surface area (Å²) in [6, 6.07) is 5.12. The predicted octanol–water partition coefficient (Wildman–Crippen LogP) is 3.06. The Morgan fingerprint density at radius 2 is 1.88 bits per heavy atom. The number of benzene rings is 1. The van der Waals surface area contributed by atoms with Crippen LogP contribution < -0.4 is 10.1 Å². The number of ether oxygens (including phenoxy) is 2. The van der Waals surface area contributed by atoms with Gasteiger partial charge in [0, 0.05) is 32.7 Å². The van der Waals surface area contributed by atoms with E-state index in [4.69, 9.17) is 9.47 Å². The molecule has 33 heavy (non-hydrogen) atoms. The maximum atomic E-state index is 13.3. The van der Waals surface area contributed by atoms with Gasteiger partial charge >= 0.3 is 0 Å². The Bertz CT molecular complexity index is 896. The van der Waals surface area contributed by atoms with Crippen molar-refractivity contribution in [1.82, 2.24) is 9.80 Å². The second-order valence-corrected chi connectivity index (χ2v) is 9.70. The summed E-state index contributed by atoms with van der Waals surface area (Å²) in [6.45, 7) is 0.301. The highest BCUT2D eigenvalue weighted by Gasteiger charge is 2.39. The summed E-state index contributed by atoms with van der Waals surface area (Å²) in [7, 11) is 5.27. The summed E-state index contributed by atoms with van der Waals surface area (Å²) in [5.41, 5.74) is 1.07. The van der Waals surface area contributed by atoms with E-state index >= 15 is 0 Å². The minimum absolute atomic E-state index is 0.0290. The smallest absolute Gasteiger partial charge is 0.257 e. The Hall–Kier alpha value is -2.61. The first-order valence-electron chi connectivity index (χ1n) is 12.0. The monoisotopic (exact) mass is 457 g/mol. The lowest BCUT2D eigenvalue weighted by atomic mass is 9.88. The molecule has 4 rings (SSSR count). The van der Waals surface area contributed by atoms with Crippen LogP contribution in [0.3, 0.4) is 0 Å². The van der Waals surface area contributed by atoms with Crippen molar-refractivity contribution in [3.8, 4) is 5.75 Å². The molecule has 0 aromatic heterocycles. The van der Waals surface area contributed by atoms with Crippen LogP contribution in [0, 0.1) is 5.92 Å². The lowest BCUT2D eigenvalue weighted by molar-refractivity contribution is -0.140. The van der Waals surface area contributed by atoms with Gasteiger partial charge in [0.15, 0.2) is 0 Å². The Kier molecular flexibility index (Phi) is 7.22. The number of hydrogen-bond acceptors (Lipinski definition) is 5. The number of likely N-dealkylation sites (N-methyl/N-ethyl adjacent to an activating group) is 1. The van der Waals surface area contributed by atoms with Crippen LogP contribution in [0.2, 0.25) is 0 Å². The lowest BCUT2D eigenvalue weighted by Gasteiger charge is -2.42. The van der Waals surface area contributed by atoms with E-state index in [0.717, 1.165) is 32.1 Å². The van der Waals surface area contributed by atoms with Crippen LogP contribution in [0.4, 0.5) is 5.69 Å². The number of anilines is 1. The first-order chi connectivity index (χ1) is 15.8. The van der Waals surface area contributed by atoms with Crippen molar-refractivity contribution in [2.24, 2.45) is 5.92 Å². The van der Waals surface area contributed by atoms with E-state index in [-0.39, 0.29) is 41.9 Å². The summed E-state index contributed by atoms with van der Waals surface area (Å²) in [6.07, 6.45) is 6.53.